The van der Waals surface area contributed by atoms with Crippen LogP contribution in [0, 0.1) is 0 Å². The van der Waals surface area contributed by atoms with Gasteiger partial charge in [0.05, 0.1) is 17.0 Å². The Kier molecular flexibility index (Phi) is 5.76. The van der Waals surface area contributed by atoms with Crippen LogP contribution < -0.4 is 4.90 Å². The highest BCUT2D eigenvalue weighted by Crippen LogP contribution is 2.36. The molecule has 1 amide bonds. The maximum Gasteiger partial charge on any atom is 0.307 e. The lowest BCUT2D eigenvalue weighted by atomic mass is 10.1. The summed E-state index contributed by atoms with van der Waals surface area (Å²) in [6, 6.07) is 17.7. The fraction of sp³-hybridized carbons (Fsp3) is 0.0455. The first-order valence-electron chi connectivity index (χ1n) is 8.85. The van der Waals surface area contributed by atoms with Crippen molar-refractivity contribution in [1.82, 2.24) is 0 Å². The number of aliphatic carboxylic acids is 1. The summed E-state index contributed by atoms with van der Waals surface area (Å²) < 4.78 is 6.25. The molecule has 4 rings (SSSR count). The summed E-state index contributed by atoms with van der Waals surface area (Å²) in [4.78, 5) is 25.6. The van der Waals surface area contributed by atoms with Crippen molar-refractivity contribution in [2.24, 2.45) is 0 Å². The van der Waals surface area contributed by atoms with E-state index >= 15 is 0 Å². The summed E-state index contributed by atoms with van der Waals surface area (Å²) in [5, 5.41) is 9.49. The summed E-state index contributed by atoms with van der Waals surface area (Å²) in [6.45, 7) is 0. The normalized spacial score (nSPS) is 15.2. The van der Waals surface area contributed by atoms with Crippen molar-refractivity contribution in [2.75, 3.05) is 4.90 Å². The Labute approximate surface area is 186 Å². The van der Waals surface area contributed by atoms with Crippen molar-refractivity contribution >= 4 is 63.5 Å². The second kappa shape index (κ2) is 8.47. The summed E-state index contributed by atoms with van der Waals surface area (Å²) >= 11 is 12.6. The number of hydrogen-bond donors (Lipinski definition) is 1. The number of thioether (sulfide) groups is 1. The van der Waals surface area contributed by atoms with Crippen LogP contribution in [0.4, 0.5) is 5.69 Å². The molecule has 1 aliphatic rings. The van der Waals surface area contributed by atoms with Crippen LogP contribution in [-0.4, -0.2) is 21.3 Å². The lowest BCUT2D eigenvalue weighted by Gasteiger charge is -2.14. The first-order chi connectivity index (χ1) is 14.4. The average Bonchev–Trinajstić information content (AvgIpc) is 3.27. The highest BCUT2D eigenvalue weighted by molar-refractivity contribution is 8.27. The molecule has 0 bridgehead atoms. The van der Waals surface area contributed by atoms with Crippen LogP contribution >= 0.6 is 35.6 Å². The third-order valence-corrected chi connectivity index (χ3v) is 5.89. The fourth-order valence-corrected chi connectivity index (χ4v) is 4.45. The van der Waals surface area contributed by atoms with E-state index in [-0.39, 0.29) is 12.3 Å². The lowest BCUT2D eigenvalue weighted by Crippen LogP contribution is -2.27. The van der Waals surface area contributed by atoms with Gasteiger partial charge >= 0.3 is 5.97 Å². The molecule has 30 heavy (non-hydrogen) atoms. The highest BCUT2D eigenvalue weighted by Gasteiger charge is 2.33. The van der Waals surface area contributed by atoms with E-state index in [1.54, 1.807) is 48.5 Å². The van der Waals surface area contributed by atoms with Crippen molar-refractivity contribution in [3.63, 3.8) is 0 Å². The van der Waals surface area contributed by atoms with Crippen LogP contribution in [-0.2, 0) is 16.0 Å². The molecule has 1 saturated heterocycles. The first-order valence-corrected chi connectivity index (χ1v) is 10.5. The number of halogens is 1. The van der Waals surface area contributed by atoms with Gasteiger partial charge in [-0.1, -0.05) is 59.8 Å². The van der Waals surface area contributed by atoms with Crippen LogP contribution in [0.15, 0.2) is 70.0 Å². The first kappa shape index (κ1) is 20.4. The zero-order chi connectivity index (χ0) is 21.3. The van der Waals surface area contributed by atoms with Crippen LogP contribution in [0.25, 0.3) is 17.4 Å². The molecule has 0 atom stereocenters. The SMILES string of the molecule is O=C(O)Cc1ccc(N2C(=O)/C(=C\c3ccc(-c4cccc(Cl)c4)o3)SC2=S)cc1. The average molecular weight is 456 g/mol. The summed E-state index contributed by atoms with van der Waals surface area (Å²) in [5.41, 5.74) is 2.08. The number of carboxylic acid groups (broad SMARTS) is 1. The largest absolute Gasteiger partial charge is 0.481 e. The summed E-state index contributed by atoms with van der Waals surface area (Å²) in [7, 11) is 0. The van der Waals surface area contributed by atoms with Crippen molar-refractivity contribution in [1.29, 1.82) is 0 Å². The van der Waals surface area contributed by atoms with Crippen molar-refractivity contribution in [3.8, 4) is 11.3 Å². The van der Waals surface area contributed by atoms with E-state index in [0.717, 1.165) is 5.56 Å². The minimum Gasteiger partial charge on any atom is -0.481 e. The summed E-state index contributed by atoms with van der Waals surface area (Å²) in [6.07, 6.45) is 1.58. The van der Waals surface area contributed by atoms with Gasteiger partial charge in [-0.3, -0.25) is 14.5 Å². The van der Waals surface area contributed by atoms with Crippen molar-refractivity contribution in [3.05, 3.63) is 81.9 Å². The number of carbonyl (C=O) groups is 2. The van der Waals surface area contributed by atoms with Gasteiger partial charge in [0.15, 0.2) is 4.32 Å². The highest BCUT2D eigenvalue weighted by atomic mass is 35.5. The molecule has 5 nitrogen and oxygen atoms in total. The molecular weight excluding hydrogens is 442 g/mol. The van der Waals surface area contributed by atoms with Gasteiger partial charge in [0.2, 0.25) is 0 Å². The number of nitrogens with zero attached hydrogens (tertiary/aromatic N) is 1. The number of anilines is 1. The van der Waals surface area contributed by atoms with E-state index in [9.17, 15) is 9.59 Å². The maximum absolute atomic E-state index is 12.9. The molecule has 0 unspecified atom stereocenters. The quantitative estimate of drug-likeness (QED) is 0.397. The predicted octanol–water partition coefficient (Wildman–Crippen LogP) is 5.63. The van der Waals surface area contributed by atoms with Crippen LogP contribution in [0.1, 0.15) is 11.3 Å². The van der Waals surface area contributed by atoms with Crippen LogP contribution in [0.3, 0.4) is 0 Å². The Morgan fingerprint density at radius 2 is 1.93 bits per heavy atom. The number of benzene rings is 2. The number of furan rings is 1. The van der Waals surface area contributed by atoms with Crippen LogP contribution in [0.5, 0.6) is 0 Å². The molecule has 1 fully saturated rings. The molecule has 0 saturated carbocycles. The zero-order valence-corrected chi connectivity index (χ0v) is 17.8. The Bertz CT molecular complexity index is 1180. The standard InChI is InChI=1S/C22H14ClNO4S2/c23-15-3-1-2-14(11-15)18-9-8-17(28-18)12-19-21(27)24(22(29)30-19)16-6-4-13(5-7-16)10-20(25)26/h1-9,11-12H,10H2,(H,25,26)/b19-12+. The van der Waals surface area contributed by atoms with Gasteiger partial charge in [-0.15, -0.1) is 0 Å². The Morgan fingerprint density at radius 3 is 2.63 bits per heavy atom. The van der Waals surface area contributed by atoms with E-state index in [1.165, 1.54) is 16.7 Å². The van der Waals surface area contributed by atoms with Gasteiger partial charge in [0.1, 0.15) is 11.5 Å². The minimum absolute atomic E-state index is 0.0774. The smallest absolute Gasteiger partial charge is 0.307 e. The Hall–Kier alpha value is -2.87. The number of rotatable bonds is 5. The molecule has 8 heteroatoms. The molecule has 0 spiro atoms. The second-order valence-corrected chi connectivity index (χ2v) is 8.58. The number of hydrogen-bond acceptors (Lipinski definition) is 5. The van der Waals surface area contributed by atoms with Gasteiger partial charge in [0, 0.05) is 16.7 Å². The van der Waals surface area contributed by atoms with E-state index < -0.39 is 5.97 Å². The van der Waals surface area contributed by atoms with Crippen molar-refractivity contribution in [2.45, 2.75) is 6.42 Å². The topological polar surface area (TPSA) is 70.8 Å². The molecule has 1 aromatic heterocycles. The number of carboxylic acids is 1. The molecule has 1 aliphatic heterocycles. The molecular formula is C22H14ClNO4S2. The number of carbonyl (C=O) groups excluding carboxylic acids is 1. The Balaban J connectivity index is 1.55. The van der Waals surface area contributed by atoms with Gasteiger partial charge < -0.3 is 9.52 Å². The third-order valence-electron chi connectivity index (χ3n) is 4.35. The van der Waals surface area contributed by atoms with E-state index in [0.29, 0.717) is 37.0 Å². The Morgan fingerprint density at radius 1 is 1.17 bits per heavy atom. The molecule has 150 valence electrons. The molecule has 0 radical (unpaired) electrons. The second-order valence-electron chi connectivity index (χ2n) is 6.47. The molecule has 2 heterocycles. The number of amides is 1. The van der Waals surface area contributed by atoms with Crippen molar-refractivity contribution < 1.29 is 19.1 Å². The van der Waals surface area contributed by atoms with Gasteiger partial charge in [-0.25, -0.2) is 0 Å². The molecule has 3 aromatic rings. The molecule has 1 N–H and O–H groups in total. The van der Waals surface area contributed by atoms with E-state index in [2.05, 4.69) is 0 Å². The number of thiocarbonyl (C=S) groups is 1. The zero-order valence-electron chi connectivity index (χ0n) is 15.4. The summed E-state index contributed by atoms with van der Waals surface area (Å²) in [5.74, 6) is 0.0131. The third kappa shape index (κ3) is 4.33. The van der Waals surface area contributed by atoms with Gasteiger partial charge in [-0.2, -0.15) is 0 Å². The maximum atomic E-state index is 12.9. The van der Waals surface area contributed by atoms with E-state index in [1.807, 2.05) is 18.2 Å². The van der Waals surface area contributed by atoms with E-state index in [4.69, 9.17) is 33.3 Å². The van der Waals surface area contributed by atoms with Gasteiger partial charge in [0.25, 0.3) is 5.91 Å². The minimum atomic E-state index is -0.910. The monoisotopic (exact) mass is 455 g/mol. The molecule has 2 aromatic carbocycles. The van der Waals surface area contributed by atoms with Crippen LogP contribution in [0.2, 0.25) is 5.02 Å². The lowest BCUT2D eigenvalue weighted by molar-refractivity contribution is -0.136. The predicted molar refractivity (Wildman–Crippen MR) is 123 cm³/mol. The fourth-order valence-electron chi connectivity index (χ4n) is 2.98. The molecule has 0 aliphatic carbocycles. The van der Waals surface area contributed by atoms with Gasteiger partial charge in [-0.05, 0) is 42.0 Å².